The highest BCUT2D eigenvalue weighted by atomic mass is 16.5. The van der Waals surface area contributed by atoms with Gasteiger partial charge >= 0.3 is 0 Å². The van der Waals surface area contributed by atoms with E-state index in [9.17, 15) is 9.59 Å². The molecular formula is C23H22N2O4. The highest BCUT2D eigenvalue weighted by Gasteiger charge is 2.12. The molecule has 0 radical (unpaired) electrons. The number of anilines is 2. The molecule has 3 rings (SSSR count). The van der Waals surface area contributed by atoms with Gasteiger partial charge in [0.2, 0.25) is 0 Å². The van der Waals surface area contributed by atoms with Crippen molar-refractivity contribution < 1.29 is 19.1 Å². The van der Waals surface area contributed by atoms with Crippen LogP contribution in [0.3, 0.4) is 0 Å². The SMILES string of the molecule is COc1ccc(NC(=O)c2cccc(C(=O)Nc3cccc(C)c3)c2)cc1OC. The Morgan fingerprint density at radius 2 is 1.28 bits per heavy atom. The van der Waals surface area contributed by atoms with Gasteiger partial charge in [-0.05, 0) is 55.0 Å². The minimum atomic E-state index is -0.331. The van der Waals surface area contributed by atoms with Crippen molar-refractivity contribution in [1.82, 2.24) is 0 Å². The van der Waals surface area contributed by atoms with E-state index in [-0.39, 0.29) is 11.8 Å². The van der Waals surface area contributed by atoms with Gasteiger partial charge in [-0.15, -0.1) is 0 Å². The van der Waals surface area contributed by atoms with Crippen molar-refractivity contribution in [2.24, 2.45) is 0 Å². The molecule has 0 aliphatic heterocycles. The lowest BCUT2D eigenvalue weighted by molar-refractivity contribution is 0.102. The minimum absolute atomic E-state index is 0.281. The molecule has 2 amide bonds. The maximum absolute atomic E-state index is 12.6. The standard InChI is InChI=1S/C23H22N2O4/c1-15-6-4-9-18(12-15)24-22(26)16-7-5-8-17(13-16)23(27)25-19-10-11-20(28-2)21(14-19)29-3/h4-14H,1-3H3,(H,24,26)(H,25,27). The molecule has 0 saturated carbocycles. The lowest BCUT2D eigenvalue weighted by atomic mass is 10.1. The Morgan fingerprint density at radius 1 is 0.690 bits per heavy atom. The molecule has 148 valence electrons. The number of hydrogen-bond donors (Lipinski definition) is 2. The predicted molar refractivity (Wildman–Crippen MR) is 113 cm³/mol. The molecule has 6 heteroatoms. The molecule has 3 aromatic carbocycles. The summed E-state index contributed by atoms with van der Waals surface area (Å²) in [6.07, 6.45) is 0. The van der Waals surface area contributed by atoms with Crippen molar-refractivity contribution in [2.45, 2.75) is 6.92 Å². The number of nitrogens with one attached hydrogen (secondary N) is 2. The summed E-state index contributed by atoms with van der Waals surface area (Å²) < 4.78 is 10.4. The molecule has 0 bridgehead atoms. The van der Waals surface area contributed by atoms with Crippen LogP contribution in [0.1, 0.15) is 26.3 Å². The minimum Gasteiger partial charge on any atom is -0.493 e. The van der Waals surface area contributed by atoms with Gasteiger partial charge in [0.15, 0.2) is 11.5 Å². The number of hydrogen-bond acceptors (Lipinski definition) is 4. The number of rotatable bonds is 6. The lowest BCUT2D eigenvalue weighted by Crippen LogP contribution is -2.15. The number of ether oxygens (including phenoxy) is 2. The third kappa shape index (κ3) is 4.93. The third-order valence-electron chi connectivity index (χ3n) is 4.30. The first-order valence-electron chi connectivity index (χ1n) is 9.01. The second-order valence-electron chi connectivity index (χ2n) is 6.43. The maximum atomic E-state index is 12.6. The van der Waals surface area contributed by atoms with E-state index < -0.39 is 0 Å². The Balaban J connectivity index is 1.74. The molecular weight excluding hydrogens is 368 g/mol. The molecule has 6 nitrogen and oxygen atoms in total. The maximum Gasteiger partial charge on any atom is 0.255 e. The van der Waals surface area contributed by atoms with Crippen LogP contribution >= 0.6 is 0 Å². The average molecular weight is 390 g/mol. The van der Waals surface area contributed by atoms with Crippen LogP contribution in [0.4, 0.5) is 11.4 Å². The summed E-state index contributed by atoms with van der Waals surface area (Å²) in [5.74, 6) is 0.468. The second kappa shape index (κ2) is 8.93. The van der Waals surface area contributed by atoms with Gasteiger partial charge in [0.25, 0.3) is 11.8 Å². The highest BCUT2D eigenvalue weighted by molar-refractivity contribution is 6.08. The van der Waals surface area contributed by atoms with Crippen LogP contribution in [-0.2, 0) is 0 Å². The predicted octanol–water partition coefficient (Wildman–Crippen LogP) is 4.52. The van der Waals surface area contributed by atoms with Crippen LogP contribution in [0.5, 0.6) is 11.5 Å². The first-order chi connectivity index (χ1) is 14.0. The van der Waals surface area contributed by atoms with Crippen LogP contribution in [0, 0.1) is 6.92 Å². The summed E-state index contributed by atoms with van der Waals surface area (Å²) in [6.45, 7) is 1.95. The molecule has 0 aromatic heterocycles. The van der Waals surface area contributed by atoms with Gasteiger partial charge in [-0.25, -0.2) is 0 Å². The van der Waals surface area contributed by atoms with Crippen LogP contribution in [0.15, 0.2) is 66.7 Å². The van der Waals surface area contributed by atoms with Crippen molar-refractivity contribution in [1.29, 1.82) is 0 Å². The number of carbonyl (C=O) groups is 2. The zero-order valence-electron chi connectivity index (χ0n) is 16.5. The van der Waals surface area contributed by atoms with E-state index in [4.69, 9.17) is 9.47 Å². The lowest BCUT2D eigenvalue weighted by Gasteiger charge is -2.11. The Kier molecular flexibility index (Phi) is 6.14. The average Bonchev–Trinajstić information content (AvgIpc) is 2.73. The fourth-order valence-corrected chi connectivity index (χ4v) is 2.84. The largest absolute Gasteiger partial charge is 0.493 e. The summed E-state index contributed by atoms with van der Waals surface area (Å²) in [5.41, 5.74) is 3.08. The first-order valence-corrected chi connectivity index (χ1v) is 9.01. The Labute approximate surface area is 169 Å². The zero-order valence-corrected chi connectivity index (χ0v) is 16.5. The first kappa shape index (κ1) is 19.9. The van der Waals surface area contributed by atoms with Crippen LogP contribution < -0.4 is 20.1 Å². The Bertz CT molecular complexity index is 1050. The zero-order chi connectivity index (χ0) is 20.8. The Morgan fingerprint density at radius 3 is 1.86 bits per heavy atom. The van der Waals surface area contributed by atoms with Crippen molar-refractivity contribution in [3.8, 4) is 11.5 Å². The fraction of sp³-hybridized carbons (Fsp3) is 0.130. The topological polar surface area (TPSA) is 76.7 Å². The molecule has 0 atom stereocenters. The Hall–Kier alpha value is -3.80. The van der Waals surface area contributed by atoms with Gasteiger partial charge < -0.3 is 20.1 Å². The van der Waals surface area contributed by atoms with E-state index in [1.54, 1.807) is 49.6 Å². The molecule has 2 N–H and O–H groups in total. The van der Waals surface area contributed by atoms with Crippen LogP contribution in [0.25, 0.3) is 0 Å². The van der Waals surface area contributed by atoms with Gasteiger partial charge in [-0.3, -0.25) is 9.59 Å². The molecule has 0 heterocycles. The fourth-order valence-electron chi connectivity index (χ4n) is 2.84. The summed E-state index contributed by atoms with van der Waals surface area (Å²) in [5, 5.41) is 5.64. The molecule has 29 heavy (non-hydrogen) atoms. The van der Waals surface area contributed by atoms with E-state index in [1.807, 2.05) is 31.2 Å². The second-order valence-corrected chi connectivity index (χ2v) is 6.43. The molecule has 0 unspecified atom stereocenters. The van der Waals surface area contributed by atoms with Gasteiger partial charge in [0, 0.05) is 28.6 Å². The van der Waals surface area contributed by atoms with Gasteiger partial charge in [-0.2, -0.15) is 0 Å². The molecule has 0 fully saturated rings. The molecule has 0 spiro atoms. The molecule has 0 aliphatic carbocycles. The molecule has 0 saturated heterocycles. The van der Waals surface area contributed by atoms with E-state index in [2.05, 4.69) is 10.6 Å². The smallest absolute Gasteiger partial charge is 0.255 e. The number of benzene rings is 3. The van der Waals surface area contributed by atoms with E-state index in [0.717, 1.165) is 5.56 Å². The normalized spacial score (nSPS) is 10.2. The number of carbonyl (C=O) groups excluding carboxylic acids is 2. The van der Waals surface area contributed by atoms with E-state index in [1.165, 1.54) is 7.11 Å². The monoisotopic (exact) mass is 390 g/mol. The highest BCUT2D eigenvalue weighted by Crippen LogP contribution is 2.30. The summed E-state index contributed by atoms with van der Waals surface area (Å²) in [4.78, 5) is 25.2. The van der Waals surface area contributed by atoms with Gasteiger partial charge in [-0.1, -0.05) is 18.2 Å². The van der Waals surface area contributed by atoms with Crippen molar-refractivity contribution in [2.75, 3.05) is 24.9 Å². The summed E-state index contributed by atoms with van der Waals surface area (Å²) in [6, 6.07) is 19.2. The third-order valence-corrected chi connectivity index (χ3v) is 4.30. The van der Waals surface area contributed by atoms with Gasteiger partial charge in [0.05, 0.1) is 14.2 Å². The summed E-state index contributed by atoms with van der Waals surface area (Å²) in [7, 11) is 3.07. The van der Waals surface area contributed by atoms with Crippen LogP contribution in [-0.4, -0.2) is 26.0 Å². The molecule has 0 aliphatic rings. The number of amides is 2. The number of aryl methyl sites for hydroxylation is 1. The summed E-state index contributed by atoms with van der Waals surface area (Å²) >= 11 is 0. The van der Waals surface area contributed by atoms with Crippen molar-refractivity contribution in [3.63, 3.8) is 0 Å². The number of methoxy groups -OCH3 is 2. The van der Waals surface area contributed by atoms with Gasteiger partial charge in [0.1, 0.15) is 0 Å². The van der Waals surface area contributed by atoms with E-state index >= 15 is 0 Å². The van der Waals surface area contributed by atoms with E-state index in [0.29, 0.717) is 34.0 Å². The molecule has 3 aromatic rings. The van der Waals surface area contributed by atoms with Crippen LogP contribution in [0.2, 0.25) is 0 Å². The quantitative estimate of drug-likeness (QED) is 0.649. The van der Waals surface area contributed by atoms with Crippen molar-refractivity contribution in [3.05, 3.63) is 83.4 Å². The van der Waals surface area contributed by atoms with Crippen molar-refractivity contribution >= 4 is 23.2 Å².